The van der Waals surface area contributed by atoms with E-state index in [2.05, 4.69) is 22.2 Å². The fraction of sp³-hybridized carbons (Fsp3) is 0.556. The van der Waals surface area contributed by atoms with E-state index >= 15 is 0 Å². The summed E-state index contributed by atoms with van der Waals surface area (Å²) in [6.07, 6.45) is 2.49. The number of nitrogens with one attached hydrogen (secondary N) is 1. The minimum absolute atomic E-state index is 0.0769. The molecule has 86 valence electrons. The molecule has 1 atom stereocenters. The quantitative estimate of drug-likeness (QED) is 0.569. The van der Waals surface area contributed by atoms with E-state index < -0.39 is 4.92 Å². The number of anilines is 1. The van der Waals surface area contributed by atoms with Crippen LogP contribution in [-0.4, -0.2) is 40.6 Å². The summed E-state index contributed by atoms with van der Waals surface area (Å²) >= 11 is 0. The molecule has 7 nitrogen and oxygen atoms in total. The van der Waals surface area contributed by atoms with Crippen LogP contribution in [0.4, 0.5) is 11.6 Å². The van der Waals surface area contributed by atoms with Crippen molar-refractivity contribution in [1.29, 1.82) is 0 Å². The normalized spacial score (nSPS) is 20.8. The van der Waals surface area contributed by atoms with E-state index in [1.54, 1.807) is 0 Å². The highest BCUT2D eigenvalue weighted by molar-refractivity contribution is 5.34. The topological polar surface area (TPSA) is 84.2 Å². The summed E-state index contributed by atoms with van der Waals surface area (Å²) in [7, 11) is 0. The van der Waals surface area contributed by atoms with Crippen molar-refractivity contribution in [2.45, 2.75) is 13.0 Å². The largest absolute Gasteiger partial charge is 0.338 e. The van der Waals surface area contributed by atoms with Gasteiger partial charge in [-0.25, -0.2) is 9.97 Å². The highest BCUT2D eigenvalue weighted by Crippen LogP contribution is 2.13. The maximum atomic E-state index is 10.4. The van der Waals surface area contributed by atoms with Gasteiger partial charge in [0.15, 0.2) is 0 Å². The van der Waals surface area contributed by atoms with Gasteiger partial charge in [0.2, 0.25) is 5.95 Å². The van der Waals surface area contributed by atoms with Gasteiger partial charge >= 0.3 is 5.69 Å². The van der Waals surface area contributed by atoms with E-state index in [1.165, 1.54) is 12.4 Å². The monoisotopic (exact) mass is 223 g/mol. The molecule has 2 rings (SSSR count). The van der Waals surface area contributed by atoms with Gasteiger partial charge in [0.25, 0.3) is 0 Å². The zero-order valence-corrected chi connectivity index (χ0v) is 8.96. The molecule has 0 radical (unpaired) electrons. The van der Waals surface area contributed by atoms with Gasteiger partial charge in [-0.05, 0) is 6.92 Å². The average molecular weight is 223 g/mol. The summed E-state index contributed by atoms with van der Waals surface area (Å²) in [5, 5.41) is 13.7. The Morgan fingerprint density at radius 1 is 1.56 bits per heavy atom. The summed E-state index contributed by atoms with van der Waals surface area (Å²) in [6.45, 7) is 4.60. The minimum atomic E-state index is -0.496. The molecule has 1 fully saturated rings. The molecule has 16 heavy (non-hydrogen) atoms. The number of hydrogen-bond acceptors (Lipinski definition) is 6. The van der Waals surface area contributed by atoms with Crippen molar-refractivity contribution >= 4 is 11.6 Å². The van der Waals surface area contributed by atoms with Crippen LogP contribution in [0, 0.1) is 10.1 Å². The molecule has 1 aliphatic rings. The van der Waals surface area contributed by atoms with Crippen molar-refractivity contribution in [3.63, 3.8) is 0 Å². The molecule has 0 saturated carbocycles. The molecule has 1 aromatic rings. The van der Waals surface area contributed by atoms with Gasteiger partial charge in [0.1, 0.15) is 12.4 Å². The van der Waals surface area contributed by atoms with Crippen LogP contribution in [0.5, 0.6) is 0 Å². The fourth-order valence-corrected chi connectivity index (χ4v) is 1.69. The second-order valence-corrected chi connectivity index (χ2v) is 3.80. The first-order valence-electron chi connectivity index (χ1n) is 5.11. The van der Waals surface area contributed by atoms with E-state index in [0.717, 1.165) is 19.6 Å². The summed E-state index contributed by atoms with van der Waals surface area (Å²) < 4.78 is 0. The number of nitro groups is 1. The zero-order valence-electron chi connectivity index (χ0n) is 8.96. The van der Waals surface area contributed by atoms with Crippen LogP contribution in [0.15, 0.2) is 12.4 Å². The molecule has 2 heterocycles. The first kappa shape index (κ1) is 10.7. The van der Waals surface area contributed by atoms with Gasteiger partial charge < -0.3 is 10.2 Å². The van der Waals surface area contributed by atoms with Crippen molar-refractivity contribution in [3.05, 3.63) is 22.5 Å². The molecule has 1 saturated heterocycles. The second kappa shape index (κ2) is 4.40. The molecule has 0 aromatic carbocycles. The Bertz CT molecular complexity index is 380. The Kier molecular flexibility index (Phi) is 2.95. The first-order chi connectivity index (χ1) is 7.66. The predicted octanol–water partition coefficient (Wildman–Crippen LogP) is 0.183. The van der Waals surface area contributed by atoms with Gasteiger partial charge in [-0.1, -0.05) is 0 Å². The van der Waals surface area contributed by atoms with E-state index in [1.807, 2.05) is 4.90 Å². The van der Waals surface area contributed by atoms with E-state index in [9.17, 15) is 10.1 Å². The summed E-state index contributed by atoms with van der Waals surface area (Å²) in [6, 6.07) is 0.382. The van der Waals surface area contributed by atoms with Gasteiger partial charge in [0, 0.05) is 25.7 Å². The van der Waals surface area contributed by atoms with Crippen LogP contribution < -0.4 is 10.2 Å². The Hall–Kier alpha value is -1.76. The molecule has 7 heteroatoms. The standard InChI is InChI=1S/C9H13N5O2/c1-7-6-13(3-2-10-7)9-11-4-8(5-12-9)14(15)16/h4-5,7,10H,2-3,6H2,1H3/t7-/m0/s1. The van der Waals surface area contributed by atoms with Gasteiger partial charge in [-0.2, -0.15) is 0 Å². The van der Waals surface area contributed by atoms with E-state index in [-0.39, 0.29) is 5.69 Å². The van der Waals surface area contributed by atoms with Crippen LogP contribution in [0.1, 0.15) is 6.92 Å². The van der Waals surface area contributed by atoms with E-state index in [4.69, 9.17) is 0 Å². The Balaban J connectivity index is 2.11. The van der Waals surface area contributed by atoms with Gasteiger partial charge in [-0.15, -0.1) is 0 Å². The Morgan fingerprint density at radius 3 is 2.81 bits per heavy atom. The van der Waals surface area contributed by atoms with Crippen LogP contribution in [0.3, 0.4) is 0 Å². The van der Waals surface area contributed by atoms with Crippen LogP contribution in [0.2, 0.25) is 0 Å². The second-order valence-electron chi connectivity index (χ2n) is 3.80. The summed E-state index contributed by atoms with van der Waals surface area (Å²) in [4.78, 5) is 20.0. The molecule has 0 aliphatic carbocycles. The van der Waals surface area contributed by atoms with Crippen LogP contribution >= 0.6 is 0 Å². The smallest absolute Gasteiger partial charge is 0.305 e. The predicted molar refractivity (Wildman–Crippen MR) is 58.4 cm³/mol. The summed E-state index contributed by atoms with van der Waals surface area (Å²) in [5.74, 6) is 0.555. The fourth-order valence-electron chi connectivity index (χ4n) is 1.69. The maximum absolute atomic E-state index is 10.4. The molecular weight excluding hydrogens is 210 g/mol. The van der Waals surface area contributed by atoms with Crippen molar-refractivity contribution in [2.75, 3.05) is 24.5 Å². The number of aromatic nitrogens is 2. The van der Waals surface area contributed by atoms with Crippen LogP contribution in [-0.2, 0) is 0 Å². The third-order valence-electron chi connectivity index (χ3n) is 2.49. The average Bonchev–Trinajstić information content (AvgIpc) is 2.29. The molecule has 0 bridgehead atoms. The molecule has 1 N–H and O–H groups in total. The lowest BCUT2D eigenvalue weighted by Crippen LogP contribution is -2.49. The zero-order chi connectivity index (χ0) is 11.5. The summed E-state index contributed by atoms with van der Waals surface area (Å²) in [5.41, 5.74) is -0.0769. The Labute approximate surface area is 92.7 Å². The van der Waals surface area contributed by atoms with Gasteiger partial charge in [0.05, 0.1) is 4.92 Å². The number of hydrogen-bond donors (Lipinski definition) is 1. The molecule has 0 spiro atoms. The van der Waals surface area contributed by atoms with Crippen molar-refractivity contribution in [1.82, 2.24) is 15.3 Å². The Morgan fingerprint density at radius 2 is 2.25 bits per heavy atom. The molecule has 0 amide bonds. The van der Waals surface area contributed by atoms with Crippen molar-refractivity contribution in [3.8, 4) is 0 Å². The lowest BCUT2D eigenvalue weighted by Gasteiger charge is -2.31. The van der Waals surface area contributed by atoms with E-state index in [0.29, 0.717) is 12.0 Å². The third-order valence-corrected chi connectivity index (χ3v) is 2.49. The lowest BCUT2D eigenvalue weighted by atomic mass is 10.2. The first-order valence-corrected chi connectivity index (χ1v) is 5.11. The number of rotatable bonds is 2. The number of nitrogens with zero attached hydrogens (tertiary/aromatic N) is 4. The van der Waals surface area contributed by atoms with Crippen LogP contribution in [0.25, 0.3) is 0 Å². The molecule has 0 unspecified atom stereocenters. The number of piperazine rings is 1. The molecular formula is C9H13N5O2. The lowest BCUT2D eigenvalue weighted by molar-refractivity contribution is -0.385. The van der Waals surface area contributed by atoms with Crippen molar-refractivity contribution < 1.29 is 4.92 Å². The van der Waals surface area contributed by atoms with Gasteiger partial charge in [-0.3, -0.25) is 10.1 Å². The molecule has 1 aliphatic heterocycles. The minimum Gasteiger partial charge on any atom is -0.338 e. The third kappa shape index (κ3) is 2.25. The van der Waals surface area contributed by atoms with Crippen molar-refractivity contribution in [2.24, 2.45) is 0 Å². The maximum Gasteiger partial charge on any atom is 0.305 e. The highest BCUT2D eigenvalue weighted by atomic mass is 16.6. The highest BCUT2D eigenvalue weighted by Gasteiger charge is 2.18. The molecule has 1 aromatic heterocycles. The SMILES string of the molecule is C[C@H]1CN(c2ncc([N+](=O)[O-])cn2)CCN1.